The number of rotatable bonds is 4. The van der Waals surface area contributed by atoms with E-state index in [0.29, 0.717) is 17.2 Å². The maximum Gasteiger partial charge on any atom is 0.159 e. The Hall–Kier alpha value is -3.52. The standard InChI is InChI=1S/C22H24N8/c1-13(11-25-23)18-10-16-19(12-24-18)28-29-21(16)22-26-17-5-3-4-15(20(17)27-22)14-6-8-30(2)9-7-14/h3-5,10-12,14H,1,6-9,23H2,2H3,(H,26,27)(H,28,29)/b25-11-. The molecule has 8 nitrogen and oxygen atoms in total. The number of imidazole rings is 1. The lowest BCUT2D eigenvalue weighted by atomic mass is 9.89. The van der Waals surface area contributed by atoms with Crippen LogP contribution in [0.5, 0.6) is 0 Å². The molecule has 152 valence electrons. The molecule has 4 N–H and O–H groups in total. The molecule has 1 fully saturated rings. The predicted octanol–water partition coefficient (Wildman–Crippen LogP) is 3.27. The smallest absolute Gasteiger partial charge is 0.159 e. The molecule has 1 aliphatic rings. The van der Waals surface area contributed by atoms with Crippen LogP contribution in [-0.4, -0.2) is 56.4 Å². The van der Waals surface area contributed by atoms with Crippen molar-refractivity contribution >= 4 is 33.7 Å². The van der Waals surface area contributed by atoms with E-state index in [0.717, 1.165) is 59.4 Å². The second-order valence-electron chi connectivity index (χ2n) is 7.90. The van der Waals surface area contributed by atoms with Gasteiger partial charge >= 0.3 is 0 Å². The molecule has 0 saturated carbocycles. The van der Waals surface area contributed by atoms with E-state index < -0.39 is 0 Å². The maximum absolute atomic E-state index is 5.25. The Labute approximate surface area is 173 Å². The van der Waals surface area contributed by atoms with Gasteiger partial charge in [-0.25, -0.2) is 4.98 Å². The second kappa shape index (κ2) is 7.38. The summed E-state index contributed by atoms with van der Waals surface area (Å²) < 4.78 is 0. The first-order chi connectivity index (χ1) is 14.6. The van der Waals surface area contributed by atoms with E-state index in [2.05, 4.69) is 62.0 Å². The van der Waals surface area contributed by atoms with Gasteiger partial charge in [-0.05, 0) is 56.6 Å². The minimum atomic E-state index is 0.534. The van der Waals surface area contributed by atoms with Gasteiger partial charge in [0.15, 0.2) is 5.82 Å². The summed E-state index contributed by atoms with van der Waals surface area (Å²) in [5, 5.41) is 12.0. The van der Waals surface area contributed by atoms with Crippen molar-refractivity contribution < 1.29 is 0 Å². The SMILES string of the molecule is C=C(/C=N\N)c1cc2c(-c3nc4c(C5CCN(C)CC5)cccc4[nH]3)n[nH]c2cn1. The monoisotopic (exact) mass is 400 g/mol. The average Bonchev–Trinajstić information content (AvgIpc) is 3.37. The number of hydrazone groups is 1. The molecule has 0 atom stereocenters. The number of likely N-dealkylation sites (tertiary alicyclic amines) is 1. The summed E-state index contributed by atoms with van der Waals surface area (Å²) in [6.45, 7) is 6.20. The number of aromatic nitrogens is 5. The number of nitrogens with zero attached hydrogens (tertiary/aromatic N) is 5. The first-order valence-corrected chi connectivity index (χ1v) is 10.1. The van der Waals surface area contributed by atoms with Gasteiger partial charge in [-0.2, -0.15) is 10.2 Å². The summed E-state index contributed by atoms with van der Waals surface area (Å²) in [7, 11) is 2.18. The number of hydrogen-bond acceptors (Lipinski definition) is 6. The van der Waals surface area contributed by atoms with Crippen LogP contribution in [0.4, 0.5) is 0 Å². The van der Waals surface area contributed by atoms with Crippen LogP contribution in [0.3, 0.4) is 0 Å². The van der Waals surface area contributed by atoms with Crippen LogP contribution in [0.25, 0.3) is 39.0 Å². The molecule has 30 heavy (non-hydrogen) atoms. The minimum absolute atomic E-state index is 0.534. The fraction of sp³-hybridized carbons (Fsp3) is 0.273. The highest BCUT2D eigenvalue weighted by atomic mass is 15.1. The summed E-state index contributed by atoms with van der Waals surface area (Å²) in [6, 6.07) is 8.33. The van der Waals surface area contributed by atoms with E-state index in [1.165, 1.54) is 11.8 Å². The van der Waals surface area contributed by atoms with Crippen molar-refractivity contribution in [2.75, 3.05) is 20.1 Å². The highest BCUT2D eigenvalue weighted by Crippen LogP contribution is 2.34. The summed E-state index contributed by atoms with van der Waals surface area (Å²) in [6.07, 6.45) is 5.54. The molecule has 1 saturated heterocycles. The minimum Gasteiger partial charge on any atom is -0.337 e. The lowest BCUT2D eigenvalue weighted by Gasteiger charge is -2.29. The normalized spacial score (nSPS) is 16.2. The molecule has 4 aromatic rings. The topological polar surface area (TPSA) is 112 Å². The van der Waals surface area contributed by atoms with Gasteiger partial charge in [0.1, 0.15) is 5.69 Å². The molecule has 5 rings (SSSR count). The number of H-pyrrole nitrogens is 2. The van der Waals surface area contributed by atoms with Gasteiger partial charge in [0.05, 0.1) is 34.7 Å². The largest absolute Gasteiger partial charge is 0.337 e. The summed E-state index contributed by atoms with van der Waals surface area (Å²) in [4.78, 5) is 15.2. The molecular formula is C22H24N8. The van der Waals surface area contributed by atoms with E-state index in [-0.39, 0.29) is 0 Å². The number of hydrogen-bond donors (Lipinski definition) is 3. The Morgan fingerprint density at radius 1 is 1.30 bits per heavy atom. The van der Waals surface area contributed by atoms with Crippen LogP contribution in [0.1, 0.15) is 30.0 Å². The molecular weight excluding hydrogens is 376 g/mol. The van der Waals surface area contributed by atoms with Crippen molar-refractivity contribution in [2.24, 2.45) is 10.9 Å². The number of pyridine rings is 1. The zero-order chi connectivity index (χ0) is 20.7. The lowest BCUT2D eigenvalue weighted by molar-refractivity contribution is 0.256. The quantitative estimate of drug-likeness (QED) is 0.276. The van der Waals surface area contributed by atoms with Crippen LogP contribution in [0.15, 0.2) is 42.1 Å². The van der Waals surface area contributed by atoms with Gasteiger partial charge in [-0.15, -0.1) is 0 Å². The van der Waals surface area contributed by atoms with Gasteiger partial charge < -0.3 is 15.7 Å². The predicted molar refractivity (Wildman–Crippen MR) is 120 cm³/mol. The third kappa shape index (κ3) is 3.15. The molecule has 1 aliphatic heterocycles. The van der Waals surface area contributed by atoms with Crippen LogP contribution in [0.2, 0.25) is 0 Å². The molecule has 4 heterocycles. The molecule has 3 aromatic heterocycles. The lowest BCUT2D eigenvalue weighted by Crippen LogP contribution is -2.29. The fourth-order valence-corrected chi connectivity index (χ4v) is 4.24. The van der Waals surface area contributed by atoms with E-state index >= 15 is 0 Å². The van der Waals surface area contributed by atoms with Crippen molar-refractivity contribution in [3.63, 3.8) is 0 Å². The Morgan fingerprint density at radius 3 is 2.93 bits per heavy atom. The third-order valence-electron chi connectivity index (χ3n) is 5.93. The molecule has 8 heteroatoms. The van der Waals surface area contributed by atoms with E-state index in [9.17, 15) is 0 Å². The van der Waals surface area contributed by atoms with Gasteiger partial charge in [0, 0.05) is 11.0 Å². The van der Waals surface area contributed by atoms with Crippen molar-refractivity contribution in [1.82, 2.24) is 30.0 Å². The molecule has 0 spiro atoms. The number of piperidine rings is 1. The first-order valence-electron chi connectivity index (χ1n) is 10.1. The van der Waals surface area contributed by atoms with Gasteiger partial charge in [-0.1, -0.05) is 18.7 Å². The number of allylic oxidation sites excluding steroid dienone is 1. The van der Waals surface area contributed by atoms with E-state index in [1.54, 1.807) is 6.20 Å². The molecule has 0 radical (unpaired) electrons. The first kappa shape index (κ1) is 18.5. The van der Waals surface area contributed by atoms with Crippen LogP contribution in [-0.2, 0) is 0 Å². The van der Waals surface area contributed by atoms with Gasteiger partial charge in [0.2, 0.25) is 0 Å². The Morgan fingerprint density at radius 2 is 2.13 bits per heavy atom. The Kier molecular flexibility index (Phi) is 4.55. The number of fused-ring (bicyclic) bond motifs is 2. The number of aromatic amines is 2. The fourth-order valence-electron chi connectivity index (χ4n) is 4.24. The Balaban J connectivity index is 1.58. The highest BCUT2D eigenvalue weighted by molar-refractivity contribution is 6.09. The van der Waals surface area contributed by atoms with E-state index in [1.807, 2.05) is 6.07 Å². The van der Waals surface area contributed by atoms with Crippen molar-refractivity contribution in [3.05, 3.63) is 48.3 Å². The zero-order valence-corrected chi connectivity index (χ0v) is 16.9. The number of nitrogens with two attached hydrogens (primary N) is 1. The van der Waals surface area contributed by atoms with Gasteiger partial charge in [0.25, 0.3) is 0 Å². The maximum atomic E-state index is 5.25. The molecule has 0 bridgehead atoms. The summed E-state index contributed by atoms with van der Waals surface area (Å²) >= 11 is 0. The summed E-state index contributed by atoms with van der Waals surface area (Å²) in [5.74, 6) is 6.53. The van der Waals surface area contributed by atoms with Crippen LogP contribution in [0, 0.1) is 0 Å². The van der Waals surface area contributed by atoms with Crippen LogP contribution >= 0.6 is 0 Å². The van der Waals surface area contributed by atoms with E-state index in [4.69, 9.17) is 10.8 Å². The van der Waals surface area contributed by atoms with Crippen molar-refractivity contribution in [3.8, 4) is 11.5 Å². The highest BCUT2D eigenvalue weighted by Gasteiger charge is 2.22. The average molecular weight is 400 g/mol. The van der Waals surface area contributed by atoms with Crippen molar-refractivity contribution in [2.45, 2.75) is 18.8 Å². The number of benzene rings is 1. The Bertz CT molecular complexity index is 1260. The molecule has 0 amide bonds. The molecule has 1 aromatic carbocycles. The number of para-hydroxylation sites is 1. The summed E-state index contributed by atoms with van der Waals surface area (Å²) in [5.41, 5.74) is 6.32. The van der Waals surface area contributed by atoms with Crippen molar-refractivity contribution in [1.29, 1.82) is 0 Å². The molecule has 0 unspecified atom stereocenters. The number of nitrogens with one attached hydrogen (secondary N) is 2. The second-order valence-corrected chi connectivity index (χ2v) is 7.90. The van der Waals surface area contributed by atoms with Gasteiger partial charge in [-0.3, -0.25) is 10.1 Å². The zero-order valence-electron chi connectivity index (χ0n) is 16.9. The third-order valence-corrected chi connectivity index (χ3v) is 5.93. The molecule has 0 aliphatic carbocycles. The van der Waals surface area contributed by atoms with Crippen LogP contribution < -0.4 is 5.84 Å².